The number of hydrogen-bond donors (Lipinski definition) is 3. The van der Waals surface area contributed by atoms with E-state index in [0.717, 1.165) is 35.0 Å². The average molecular weight is 530 g/mol. The maximum absolute atomic E-state index is 12.0. The smallest absolute Gasteiger partial charge is 0.225 e. The summed E-state index contributed by atoms with van der Waals surface area (Å²) in [6, 6.07) is 18.0. The molecule has 0 spiro atoms. The Morgan fingerprint density at radius 1 is 1.16 bits per heavy atom. The van der Waals surface area contributed by atoms with E-state index in [1.165, 1.54) is 0 Å². The lowest BCUT2D eigenvalue weighted by Crippen LogP contribution is -2.40. The number of anilines is 1. The number of para-hydroxylation sites is 2. The van der Waals surface area contributed by atoms with Gasteiger partial charge in [0.05, 0.1) is 18.4 Å². The molecule has 0 saturated heterocycles. The number of halogens is 1. The third-order valence-electron chi connectivity index (χ3n) is 5.04. The van der Waals surface area contributed by atoms with Gasteiger partial charge in [-0.3, -0.25) is 4.79 Å². The molecule has 0 fully saturated rings. The largest absolute Gasteiger partial charge is 0.357 e. The molecule has 0 bridgehead atoms. The summed E-state index contributed by atoms with van der Waals surface area (Å²) in [5, 5.41) is 14.0. The van der Waals surface area contributed by atoms with E-state index in [1.807, 2.05) is 72.5 Å². The zero-order valence-electron chi connectivity index (χ0n) is 17.4. The Labute approximate surface area is 199 Å². The molecule has 0 aliphatic carbocycles. The normalized spacial score (nSPS) is 15.5. The molecule has 162 valence electrons. The Morgan fingerprint density at radius 2 is 1.94 bits per heavy atom. The molecule has 8 heteroatoms. The third-order valence-corrected chi connectivity index (χ3v) is 5.04. The second kappa shape index (κ2) is 10.9. The molecule has 2 heterocycles. The Morgan fingerprint density at radius 3 is 2.74 bits per heavy atom. The minimum atomic E-state index is 0. The van der Waals surface area contributed by atoms with Crippen LogP contribution in [0.15, 0.2) is 72.0 Å². The van der Waals surface area contributed by atoms with E-state index < -0.39 is 0 Å². The summed E-state index contributed by atoms with van der Waals surface area (Å²) in [6.07, 6.45) is 4.29. The van der Waals surface area contributed by atoms with Crippen molar-refractivity contribution < 1.29 is 4.79 Å². The predicted molar refractivity (Wildman–Crippen MR) is 134 cm³/mol. The minimum Gasteiger partial charge on any atom is -0.357 e. The monoisotopic (exact) mass is 530 g/mol. The van der Waals surface area contributed by atoms with Gasteiger partial charge in [0.1, 0.15) is 0 Å². The number of fused-ring (bicyclic) bond motifs is 1. The Bertz CT molecular complexity index is 1030. The molecule has 3 N–H and O–H groups in total. The molecule has 2 aromatic carbocycles. The van der Waals surface area contributed by atoms with Crippen LogP contribution in [0.5, 0.6) is 0 Å². The fourth-order valence-electron chi connectivity index (χ4n) is 3.58. The first kappa shape index (κ1) is 22.8. The number of rotatable bonds is 6. The zero-order chi connectivity index (χ0) is 20.8. The molecule has 4 rings (SSSR count). The van der Waals surface area contributed by atoms with Crippen LogP contribution in [0.4, 0.5) is 5.69 Å². The molecule has 1 aliphatic rings. The molecule has 1 aliphatic heterocycles. The van der Waals surface area contributed by atoms with Crippen molar-refractivity contribution in [2.45, 2.75) is 25.8 Å². The summed E-state index contributed by atoms with van der Waals surface area (Å²) in [5.41, 5.74) is 4.10. The van der Waals surface area contributed by atoms with Crippen LogP contribution in [0.25, 0.3) is 5.69 Å². The number of hydrogen-bond acceptors (Lipinski definition) is 3. The zero-order valence-corrected chi connectivity index (χ0v) is 19.7. The lowest BCUT2D eigenvalue weighted by atomic mass is 9.90. The van der Waals surface area contributed by atoms with Crippen LogP contribution >= 0.6 is 24.0 Å². The highest BCUT2D eigenvalue weighted by Gasteiger charge is 2.24. The molecule has 1 aromatic heterocycles. The Hall–Kier alpha value is -2.88. The van der Waals surface area contributed by atoms with Crippen LogP contribution in [-0.4, -0.2) is 34.7 Å². The Balaban J connectivity index is 0.00000272. The second-order valence-electron chi connectivity index (χ2n) is 7.24. The van der Waals surface area contributed by atoms with Crippen molar-refractivity contribution in [2.75, 3.05) is 18.4 Å². The number of nitrogens with zero attached hydrogens (tertiary/aromatic N) is 3. The van der Waals surface area contributed by atoms with E-state index in [9.17, 15) is 4.79 Å². The molecule has 3 aromatic rings. The van der Waals surface area contributed by atoms with Crippen LogP contribution in [0.2, 0.25) is 0 Å². The lowest BCUT2D eigenvalue weighted by Gasteiger charge is -2.26. The number of aliphatic imine (C=N–C) groups is 1. The Kier molecular flexibility index (Phi) is 8.05. The van der Waals surface area contributed by atoms with Gasteiger partial charge in [-0.25, -0.2) is 9.67 Å². The van der Waals surface area contributed by atoms with Gasteiger partial charge < -0.3 is 16.0 Å². The van der Waals surface area contributed by atoms with Crippen molar-refractivity contribution in [1.29, 1.82) is 0 Å². The molecule has 0 radical (unpaired) electrons. The molecule has 31 heavy (non-hydrogen) atoms. The number of guanidine groups is 1. The minimum absolute atomic E-state index is 0. The second-order valence-corrected chi connectivity index (χ2v) is 7.24. The summed E-state index contributed by atoms with van der Waals surface area (Å²) in [7, 11) is 0. The van der Waals surface area contributed by atoms with E-state index in [-0.39, 0.29) is 35.8 Å². The fourth-order valence-corrected chi connectivity index (χ4v) is 3.58. The van der Waals surface area contributed by atoms with Crippen molar-refractivity contribution in [3.63, 3.8) is 0 Å². The van der Waals surface area contributed by atoms with E-state index in [4.69, 9.17) is 4.99 Å². The number of carbonyl (C=O) groups excluding carboxylic acids is 1. The lowest BCUT2D eigenvalue weighted by molar-refractivity contribution is -0.116. The first-order chi connectivity index (χ1) is 14.7. The first-order valence-electron chi connectivity index (χ1n) is 10.2. The summed E-state index contributed by atoms with van der Waals surface area (Å²) in [5.74, 6) is 0.892. The van der Waals surface area contributed by atoms with Gasteiger partial charge in [0, 0.05) is 42.9 Å². The molecule has 1 atom stereocenters. The number of carbonyl (C=O) groups is 1. The molecule has 0 saturated carbocycles. The number of nitrogens with one attached hydrogen (secondary N) is 3. The summed E-state index contributed by atoms with van der Waals surface area (Å²) in [6.45, 7) is 3.95. The van der Waals surface area contributed by atoms with Crippen LogP contribution in [0.3, 0.4) is 0 Å². The molecular weight excluding hydrogens is 503 g/mol. The van der Waals surface area contributed by atoms with Crippen LogP contribution in [0, 0.1) is 0 Å². The maximum atomic E-state index is 12.0. The van der Waals surface area contributed by atoms with Crippen LogP contribution in [0.1, 0.15) is 30.4 Å². The number of benzene rings is 2. The molecule has 1 amide bonds. The highest BCUT2D eigenvalue weighted by Crippen LogP contribution is 2.31. The topological polar surface area (TPSA) is 83.3 Å². The van der Waals surface area contributed by atoms with Crippen molar-refractivity contribution in [3.05, 3.63) is 78.1 Å². The van der Waals surface area contributed by atoms with Crippen molar-refractivity contribution in [1.82, 2.24) is 20.4 Å². The quantitative estimate of drug-likeness (QED) is 0.258. The summed E-state index contributed by atoms with van der Waals surface area (Å²) >= 11 is 0. The predicted octanol–water partition coefficient (Wildman–Crippen LogP) is 3.67. The van der Waals surface area contributed by atoms with Gasteiger partial charge in [0.15, 0.2) is 5.96 Å². The highest BCUT2D eigenvalue weighted by atomic mass is 127. The first-order valence-corrected chi connectivity index (χ1v) is 10.2. The van der Waals surface area contributed by atoms with Crippen molar-refractivity contribution in [2.24, 2.45) is 4.99 Å². The molecule has 7 nitrogen and oxygen atoms in total. The molecular formula is C23H27IN6O. The standard InChI is InChI=1S/C23H26N6O.HI/c1-2-24-23(25-13-17-14-27-29(16-17)19-8-4-3-5-9-19)26-15-18-12-22(30)28-21-11-7-6-10-20(18)21;/h3-11,14,16,18H,2,12-13,15H2,1H3,(H,28,30)(H2,24,25,26);1H. The van der Waals surface area contributed by atoms with Crippen LogP contribution in [-0.2, 0) is 11.3 Å². The van der Waals surface area contributed by atoms with Crippen molar-refractivity contribution in [3.8, 4) is 5.69 Å². The summed E-state index contributed by atoms with van der Waals surface area (Å²) in [4.78, 5) is 16.7. The van der Waals surface area contributed by atoms with E-state index in [0.29, 0.717) is 19.5 Å². The van der Waals surface area contributed by atoms with Gasteiger partial charge in [-0.2, -0.15) is 5.10 Å². The van der Waals surface area contributed by atoms with E-state index in [1.54, 1.807) is 0 Å². The summed E-state index contributed by atoms with van der Waals surface area (Å²) < 4.78 is 1.85. The number of aromatic nitrogens is 2. The highest BCUT2D eigenvalue weighted by molar-refractivity contribution is 14.0. The van der Waals surface area contributed by atoms with Gasteiger partial charge in [-0.1, -0.05) is 36.4 Å². The molecule has 1 unspecified atom stereocenters. The van der Waals surface area contributed by atoms with E-state index >= 15 is 0 Å². The van der Waals surface area contributed by atoms with Crippen LogP contribution < -0.4 is 16.0 Å². The van der Waals surface area contributed by atoms with Crippen molar-refractivity contribution >= 4 is 41.5 Å². The fraction of sp³-hybridized carbons (Fsp3) is 0.261. The van der Waals surface area contributed by atoms with Gasteiger partial charge >= 0.3 is 0 Å². The SMILES string of the molecule is CCNC(=NCc1cnn(-c2ccccc2)c1)NCC1CC(=O)Nc2ccccc21.I. The van der Waals surface area contributed by atoms with Gasteiger partial charge in [0.2, 0.25) is 5.91 Å². The van der Waals surface area contributed by atoms with Gasteiger partial charge in [0.25, 0.3) is 0 Å². The van der Waals surface area contributed by atoms with Gasteiger partial charge in [-0.15, -0.1) is 24.0 Å². The average Bonchev–Trinajstić information content (AvgIpc) is 3.25. The third kappa shape index (κ3) is 5.84. The van der Waals surface area contributed by atoms with Gasteiger partial charge in [-0.05, 0) is 30.7 Å². The van der Waals surface area contributed by atoms with E-state index in [2.05, 4.69) is 27.1 Å². The number of amides is 1. The maximum Gasteiger partial charge on any atom is 0.225 e.